The Kier molecular flexibility index (Phi) is 5.09. The molecule has 7 nitrogen and oxygen atoms in total. The second kappa shape index (κ2) is 7.84. The number of hydrogen-bond donors (Lipinski definition) is 2. The van der Waals surface area contributed by atoms with Gasteiger partial charge < -0.3 is 5.32 Å². The van der Waals surface area contributed by atoms with Crippen molar-refractivity contribution in [3.05, 3.63) is 77.1 Å². The van der Waals surface area contributed by atoms with Crippen LogP contribution in [-0.2, 0) is 6.42 Å². The van der Waals surface area contributed by atoms with E-state index < -0.39 is 11.7 Å². The summed E-state index contributed by atoms with van der Waals surface area (Å²) in [7, 11) is 0. The van der Waals surface area contributed by atoms with Crippen molar-refractivity contribution in [1.82, 2.24) is 25.0 Å². The van der Waals surface area contributed by atoms with Gasteiger partial charge in [0.15, 0.2) is 5.82 Å². The van der Waals surface area contributed by atoms with E-state index in [2.05, 4.69) is 25.6 Å². The molecule has 2 aromatic heterocycles. The number of hydrogen-bond acceptors (Lipinski definition) is 4. The summed E-state index contributed by atoms with van der Waals surface area (Å²) >= 11 is 6.07. The van der Waals surface area contributed by atoms with Gasteiger partial charge in [0, 0.05) is 10.6 Å². The zero-order valence-electron chi connectivity index (χ0n) is 15.4. The van der Waals surface area contributed by atoms with Crippen LogP contribution in [0.2, 0.25) is 5.02 Å². The summed E-state index contributed by atoms with van der Waals surface area (Å²) < 4.78 is 15.9. The van der Waals surface area contributed by atoms with E-state index in [1.54, 1.807) is 22.9 Å². The second-order valence-electron chi connectivity index (χ2n) is 6.23. The number of amides is 1. The summed E-state index contributed by atoms with van der Waals surface area (Å²) in [6.45, 7) is 1.92. The molecule has 2 aromatic carbocycles. The van der Waals surface area contributed by atoms with Crippen LogP contribution in [0.5, 0.6) is 0 Å². The Labute approximate surface area is 170 Å². The molecular formula is C20H16ClFN6O. The molecule has 0 aliphatic carbocycles. The fraction of sp³-hybridized carbons (Fsp3) is 0.100. The number of halogens is 2. The summed E-state index contributed by atoms with van der Waals surface area (Å²) in [6, 6.07) is 11.5. The molecule has 0 spiro atoms. The predicted octanol–water partition coefficient (Wildman–Crippen LogP) is 4.26. The van der Waals surface area contributed by atoms with Gasteiger partial charge in [0.25, 0.3) is 5.91 Å². The molecule has 2 heterocycles. The molecule has 0 fully saturated rings. The standard InChI is InChI=1S/C20H16ClFN6O/c1-2-18-15(10-25-28(18)14-5-3-4-13(21)9-14)20(29)26-17-8-12(6-7-16(17)22)19-23-11-24-27-19/h3-11H,2H2,1H3,(H,26,29)(H,23,24,27). The van der Waals surface area contributed by atoms with Gasteiger partial charge in [0.05, 0.1) is 28.8 Å². The Hall–Kier alpha value is -3.52. The minimum Gasteiger partial charge on any atom is -0.319 e. The van der Waals surface area contributed by atoms with E-state index in [0.717, 1.165) is 5.69 Å². The molecule has 2 N–H and O–H groups in total. The van der Waals surface area contributed by atoms with E-state index in [1.165, 1.54) is 24.7 Å². The number of nitrogens with zero attached hydrogens (tertiary/aromatic N) is 4. The average Bonchev–Trinajstić information content (AvgIpc) is 3.39. The number of H-pyrrole nitrogens is 1. The van der Waals surface area contributed by atoms with E-state index >= 15 is 0 Å². The van der Waals surface area contributed by atoms with Crippen LogP contribution in [0.4, 0.5) is 10.1 Å². The first-order chi connectivity index (χ1) is 14.1. The fourth-order valence-corrected chi connectivity index (χ4v) is 3.22. The summed E-state index contributed by atoms with van der Waals surface area (Å²) in [5.41, 5.74) is 2.44. The number of anilines is 1. The van der Waals surface area contributed by atoms with Crippen LogP contribution >= 0.6 is 11.6 Å². The fourth-order valence-electron chi connectivity index (χ4n) is 3.04. The first kappa shape index (κ1) is 18.8. The van der Waals surface area contributed by atoms with Gasteiger partial charge in [-0.15, -0.1) is 0 Å². The first-order valence-electron chi connectivity index (χ1n) is 8.86. The third kappa shape index (κ3) is 3.74. The largest absolute Gasteiger partial charge is 0.319 e. The molecule has 0 saturated carbocycles. The van der Waals surface area contributed by atoms with Crippen LogP contribution in [0.3, 0.4) is 0 Å². The molecule has 0 aliphatic heterocycles. The van der Waals surface area contributed by atoms with Gasteiger partial charge in [0.1, 0.15) is 12.1 Å². The van der Waals surface area contributed by atoms with Crippen molar-refractivity contribution in [2.75, 3.05) is 5.32 Å². The highest BCUT2D eigenvalue weighted by Gasteiger charge is 2.19. The molecule has 0 saturated heterocycles. The Balaban J connectivity index is 1.65. The van der Waals surface area contributed by atoms with Crippen molar-refractivity contribution in [3.8, 4) is 17.1 Å². The molecule has 4 aromatic rings. The summed E-state index contributed by atoms with van der Waals surface area (Å²) in [5, 5.41) is 14.0. The van der Waals surface area contributed by atoms with Crippen LogP contribution in [0.1, 0.15) is 23.0 Å². The number of rotatable bonds is 5. The molecule has 0 aliphatic rings. The Morgan fingerprint density at radius 2 is 2.14 bits per heavy atom. The van der Waals surface area contributed by atoms with E-state index in [9.17, 15) is 9.18 Å². The minimum absolute atomic E-state index is 0.0430. The number of aromatic nitrogens is 5. The second-order valence-corrected chi connectivity index (χ2v) is 6.67. The van der Waals surface area contributed by atoms with Gasteiger partial charge in [-0.1, -0.05) is 24.6 Å². The highest BCUT2D eigenvalue weighted by atomic mass is 35.5. The normalized spacial score (nSPS) is 10.9. The monoisotopic (exact) mass is 410 g/mol. The molecule has 1 amide bonds. The molecule has 9 heteroatoms. The van der Waals surface area contributed by atoms with Crippen molar-refractivity contribution in [1.29, 1.82) is 0 Å². The number of carbonyl (C=O) groups is 1. The van der Waals surface area contributed by atoms with E-state index in [4.69, 9.17) is 11.6 Å². The zero-order valence-corrected chi connectivity index (χ0v) is 16.1. The van der Waals surface area contributed by atoms with Crippen molar-refractivity contribution < 1.29 is 9.18 Å². The molecule has 0 atom stereocenters. The van der Waals surface area contributed by atoms with E-state index in [0.29, 0.717) is 34.1 Å². The Morgan fingerprint density at radius 1 is 1.28 bits per heavy atom. The SMILES string of the molecule is CCc1c(C(=O)Nc2cc(-c3ncn[nH]3)ccc2F)cnn1-c1cccc(Cl)c1. The van der Waals surface area contributed by atoms with Crippen LogP contribution in [0.25, 0.3) is 17.1 Å². The zero-order chi connectivity index (χ0) is 20.4. The maximum Gasteiger partial charge on any atom is 0.259 e. The molecule has 146 valence electrons. The van der Waals surface area contributed by atoms with Gasteiger partial charge >= 0.3 is 0 Å². The Morgan fingerprint density at radius 3 is 2.86 bits per heavy atom. The van der Waals surface area contributed by atoms with Gasteiger partial charge in [-0.05, 0) is 42.8 Å². The lowest BCUT2D eigenvalue weighted by molar-refractivity contribution is 0.102. The van der Waals surface area contributed by atoms with Crippen LogP contribution in [0.15, 0.2) is 55.0 Å². The molecule has 4 rings (SSSR count). The third-order valence-electron chi connectivity index (χ3n) is 4.40. The third-order valence-corrected chi connectivity index (χ3v) is 4.64. The minimum atomic E-state index is -0.554. The van der Waals surface area contributed by atoms with Gasteiger partial charge in [-0.3, -0.25) is 9.89 Å². The van der Waals surface area contributed by atoms with Gasteiger partial charge in [0.2, 0.25) is 0 Å². The molecular weight excluding hydrogens is 395 g/mol. The van der Waals surface area contributed by atoms with E-state index in [1.807, 2.05) is 19.1 Å². The summed E-state index contributed by atoms with van der Waals surface area (Å²) in [6.07, 6.45) is 3.37. The highest BCUT2D eigenvalue weighted by Crippen LogP contribution is 2.24. The highest BCUT2D eigenvalue weighted by molar-refractivity contribution is 6.30. The Bertz CT molecular complexity index is 1170. The van der Waals surface area contributed by atoms with E-state index in [-0.39, 0.29) is 5.69 Å². The maximum absolute atomic E-state index is 14.3. The first-order valence-corrected chi connectivity index (χ1v) is 9.24. The van der Waals surface area contributed by atoms with Crippen LogP contribution < -0.4 is 5.32 Å². The lowest BCUT2D eigenvalue weighted by Crippen LogP contribution is -2.15. The molecule has 0 unspecified atom stereocenters. The quantitative estimate of drug-likeness (QED) is 0.514. The summed E-state index contributed by atoms with van der Waals surface area (Å²) in [5.74, 6) is -0.533. The predicted molar refractivity (Wildman–Crippen MR) is 108 cm³/mol. The maximum atomic E-state index is 14.3. The number of carbonyl (C=O) groups excluding carboxylic acids is 1. The van der Waals surface area contributed by atoms with Crippen LogP contribution in [0, 0.1) is 5.82 Å². The smallest absolute Gasteiger partial charge is 0.259 e. The molecule has 0 radical (unpaired) electrons. The average molecular weight is 411 g/mol. The number of benzene rings is 2. The number of aromatic amines is 1. The lowest BCUT2D eigenvalue weighted by atomic mass is 10.1. The van der Waals surface area contributed by atoms with Gasteiger partial charge in [-0.25, -0.2) is 14.1 Å². The van der Waals surface area contributed by atoms with Crippen molar-refractivity contribution in [3.63, 3.8) is 0 Å². The lowest BCUT2D eigenvalue weighted by Gasteiger charge is -2.10. The van der Waals surface area contributed by atoms with Crippen molar-refractivity contribution in [2.45, 2.75) is 13.3 Å². The van der Waals surface area contributed by atoms with Gasteiger partial charge in [-0.2, -0.15) is 10.2 Å². The number of nitrogens with one attached hydrogen (secondary N) is 2. The topological polar surface area (TPSA) is 88.5 Å². The van der Waals surface area contributed by atoms with Crippen LogP contribution in [-0.4, -0.2) is 30.9 Å². The van der Waals surface area contributed by atoms with Crippen molar-refractivity contribution in [2.24, 2.45) is 0 Å². The molecule has 0 bridgehead atoms. The molecule has 29 heavy (non-hydrogen) atoms. The summed E-state index contributed by atoms with van der Waals surface area (Å²) in [4.78, 5) is 16.9. The van der Waals surface area contributed by atoms with Crippen molar-refractivity contribution >= 4 is 23.2 Å².